The van der Waals surface area contributed by atoms with Gasteiger partial charge in [-0.3, -0.25) is 19.0 Å². The standard InChI is InChI=1S/C38H38N4O3/c1-40(27-33(31-19-11-5-12-20-31)32-21-13-6-14-22-32)24-23-39-36(43)28-42-35(26-30-17-9-4-10-18-30)37(44)41(2)34(38(42)45)25-29-15-7-3-8-16-29/h3-22,25-26,33H,23-24,27-28H2,1-2H3,(H,39,43)/b34-25-,35-26-. The van der Waals surface area contributed by atoms with Crippen molar-refractivity contribution in [2.45, 2.75) is 12.5 Å². The van der Waals surface area contributed by atoms with Crippen LogP contribution in [0.1, 0.15) is 28.2 Å². The Bertz CT molecular complexity index is 1910. The summed E-state index contributed by atoms with van der Waals surface area (Å²) in [6.07, 6.45) is 3.33. The lowest BCUT2D eigenvalue weighted by atomic mass is 9.91. The van der Waals surface area contributed by atoms with Gasteiger partial charge in [-0.25, -0.2) is 0 Å². The van der Waals surface area contributed by atoms with Gasteiger partial charge in [0.25, 0.3) is 11.1 Å². The third-order valence-corrected chi connectivity index (χ3v) is 7.86. The maximum atomic E-state index is 13.8. The molecular formula is C38H38N4O3. The van der Waals surface area contributed by atoms with Gasteiger partial charge >= 0.3 is 0 Å². The first-order chi connectivity index (χ1) is 21.9. The number of likely N-dealkylation sites (N-methyl/N-ethyl adjacent to an activating group) is 1. The number of hydrogen-bond donors (Lipinski definition) is 1. The molecule has 0 bridgehead atoms. The van der Waals surface area contributed by atoms with Gasteiger partial charge in [-0.2, -0.15) is 0 Å². The predicted octanol–water partition coefficient (Wildman–Crippen LogP) is 3.08. The summed E-state index contributed by atoms with van der Waals surface area (Å²) in [6.45, 7) is 1.51. The molecule has 0 aliphatic carbocycles. The predicted molar refractivity (Wildman–Crippen MR) is 180 cm³/mol. The highest BCUT2D eigenvalue weighted by Crippen LogP contribution is 2.25. The van der Waals surface area contributed by atoms with E-state index < -0.39 is 5.56 Å². The Balaban J connectivity index is 1.36. The molecular weight excluding hydrogens is 560 g/mol. The molecule has 1 N–H and O–H groups in total. The molecule has 1 aromatic heterocycles. The Hall–Kier alpha value is -5.27. The number of nitrogens with one attached hydrogen (secondary N) is 1. The molecule has 0 saturated heterocycles. The van der Waals surface area contributed by atoms with E-state index in [2.05, 4.69) is 58.7 Å². The van der Waals surface area contributed by atoms with Gasteiger partial charge in [-0.05, 0) is 41.5 Å². The van der Waals surface area contributed by atoms with Gasteiger partial charge in [0.05, 0.1) is 0 Å². The molecule has 0 atom stereocenters. The van der Waals surface area contributed by atoms with Crippen molar-refractivity contribution in [3.05, 3.63) is 175 Å². The third-order valence-electron chi connectivity index (χ3n) is 7.86. The van der Waals surface area contributed by atoms with Gasteiger partial charge in [0.15, 0.2) is 0 Å². The van der Waals surface area contributed by atoms with E-state index >= 15 is 0 Å². The number of amides is 1. The lowest BCUT2D eigenvalue weighted by Crippen LogP contribution is -2.58. The quantitative estimate of drug-likeness (QED) is 0.254. The molecule has 0 aliphatic heterocycles. The van der Waals surface area contributed by atoms with Crippen molar-refractivity contribution in [2.75, 3.05) is 26.7 Å². The second-order valence-corrected chi connectivity index (χ2v) is 11.1. The summed E-state index contributed by atoms with van der Waals surface area (Å²) in [5.41, 5.74) is 3.23. The van der Waals surface area contributed by atoms with Gasteiger partial charge in [-0.15, -0.1) is 0 Å². The van der Waals surface area contributed by atoms with E-state index in [-0.39, 0.29) is 34.6 Å². The second kappa shape index (κ2) is 14.9. The van der Waals surface area contributed by atoms with Crippen LogP contribution in [-0.4, -0.2) is 46.6 Å². The summed E-state index contributed by atoms with van der Waals surface area (Å²) in [5.74, 6) is -0.155. The van der Waals surface area contributed by atoms with E-state index in [1.165, 1.54) is 20.3 Å². The summed E-state index contributed by atoms with van der Waals surface area (Å²) in [7, 11) is 3.62. The van der Waals surface area contributed by atoms with Crippen molar-refractivity contribution >= 4 is 18.1 Å². The van der Waals surface area contributed by atoms with Crippen LogP contribution in [0.4, 0.5) is 0 Å². The summed E-state index contributed by atoms with van der Waals surface area (Å²) in [6, 6.07) is 39.5. The van der Waals surface area contributed by atoms with E-state index in [0.29, 0.717) is 13.1 Å². The van der Waals surface area contributed by atoms with Gasteiger partial charge in [0, 0.05) is 32.6 Å². The zero-order chi connectivity index (χ0) is 31.6. The summed E-state index contributed by atoms with van der Waals surface area (Å²) in [5, 5.41) is 3.32. The van der Waals surface area contributed by atoms with Crippen molar-refractivity contribution in [3.8, 4) is 0 Å². The SMILES string of the molecule is CN(CCNC(=O)Cn1c(=O)/c(=C/c2ccccc2)n(C)c(=O)/c1=C/c1ccccc1)CC(c1ccccc1)c1ccccc1. The smallest absolute Gasteiger partial charge is 0.275 e. The van der Waals surface area contributed by atoms with E-state index in [9.17, 15) is 14.4 Å². The number of benzene rings is 4. The normalized spacial score (nSPS) is 12.2. The number of rotatable bonds is 11. The maximum absolute atomic E-state index is 13.8. The Kier molecular flexibility index (Phi) is 10.4. The monoisotopic (exact) mass is 598 g/mol. The number of carbonyl (C=O) groups is 1. The summed E-state index contributed by atoms with van der Waals surface area (Å²) >= 11 is 0. The fourth-order valence-electron chi connectivity index (χ4n) is 5.42. The first kappa shape index (κ1) is 31.2. The minimum atomic E-state index is -0.413. The maximum Gasteiger partial charge on any atom is 0.275 e. The molecule has 0 spiro atoms. The number of hydrogen-bond acceptors (Lipinski definition) is 4. The molecule has 5 rings (SSSR count). The Morgan fingerprint density at radius 3 is 1.69 bits per heavy atom. The number of nitrogens with zero attached hydrogens (tertiary/aromatic N) is 3. The minimum Gasteiger partial charge on any atom is -0.353 e. The van der Waals surface area contributed by atoms with Crippen LogP contribution in [0.3, 0.4) is 0 Å². The van der Waals surface area contributed by atoms with Gasteiger partial charge in [-0.1, -0.05) is 121 Å². The van der Waals surface area contributed by atoms with Crippen LogP contribution in [-0.2, 0) is 18.4 Å². The van der Waals surface area contributed by atoms with Crippen molar-refractivity contribution in [1.29, 1.82) is 0 Å². The van der Waals surface area contributed by atoms with Gasteiger partial charge in [0.2, 0.25) is 5.91 Å². The lowest BCUT2D eigenvalue weighted by molar-refractivity contribution is -0.121. The van der Waals surface area contributed by atoms with Crippen molar-refractivity contribution in [2.24, 2.45) is 7.05 Å². The first-order valence-electron chi connectivity index (χ1n) is 15.1. The van der Waals surface area contributed by atoms with Crippen LogP contribution in [0, 0.1) is 0 Å². The van der Waals surface area contributed by atoms with Gasteiger partial charge < -0.3 is 14.8 Å². The highest BCUT2D eigenvalue weighted by molar-refractivity contribution is 5.75. The zero-order valence-corrected chi connectivity index (χ0v) is 25.7. The van der Waals surface area contributed by atoms with Crippen LogP contribution in [0.25, 0.3) is 12.2 Å². The van der Waals surface area contributed by atoms with E-state index in [1.807, 2.05) is 79.8 Å². The largest absolute Gasteiger partial charge is 0.353 e. The van der Waals surface area contributed by atoms with Crippen LogP contribution >= 0.6 is 0 Å². The van der Waals surface area contributed by atoms with Crippen LogP contribution in [0.5, 0.6) is 0 Å². The molecule has 45 heavy (non-hydrogen) atoms. The summed E-state index contributed by atoms with van der Waals surface area (Å²) < 4.78 is 2.63. The molecule has 7 heteroatoms. The topological polar surface area (TPSA) is 76.3 Å². The molecule has 0 fully saturated rings. The van der Waals surface area contributed by atoms with E-state index in [1.54, 1.807) is 19.2 Å². The number of aromatic nitrogens is 2. The minimum absolute atomic E-state index is 0.153. The Labute approximate surface area is 263 Å². The molecule has 1 heterocycles. The van der Waals surface area contributed by atoms with E-state index in [4.69, 9.17) is 0 Å². The van der Waals surface area contributed by atoms with Crippen molar-refractivity contribution in [1.82, 2.24) is 19.4 Å². The molecule has 0 saturated carbocycles. The van der Waals surface area contributed by atoms with Crippen molar-refractivity contribution < 1.29 is 4.79 Å². The highest BCUT2D eigenvalue weighted by atomic mass is 16.2. The fourth-order valence-corrected chi connectivity index (χ4v) is 5.42. The number of carbonyl (C=O) groups excluding carboxylic acids is 1. The zero-order valence-electron chi connectivity index (χ0n) is 25.7. The first-order valence-corrected chi connectivity index (χ1v) is 15.1. The third kappa shape index (κ3) is 8.02. The Morgan fingerprint density at radius 1 is 0.711 bits per heavy atom. The van der Waals surface area contributed by atoms with E-state index in [0.717, 1.165) is 17.7 Å². The second-order valence-electron chi connectivity index (χ2n) is 11.1. The Morgan fingerprint density at radius 2 is 1.18 bits per heavy atom. The van der Waals surface area contributed by atoms with Gasteiger partial charge in [0.1, 0.15) is 17.2 Å². The molecule has 4 aromatic carbocycles. The molecule has 1 amide bonds. The average Bonchev–Trinajstić information content (AvgIpc) is 3.08. The highest BCUT2D eigenvalue weighted by Gasteiger charge is 2.17. The lowest BCUT2D eigenvalue weighted by Gasteiger charge is -2.25. The van der Waals surface area contributed by atoms with Crippen LogP contribution in [0.15, 0.2) is 131 Å². The molecule has 0 aliphatic rings. The summed E-state index contributed by atoms with van der Waals surface area (Å²) in [4.78, 5) is 42.9. The van der Waals surface area contributed by atoms with Crippen LogP contribution < -0.4 is 27.1 Å². The van der Waals surface area contributed by atoms with Crippen LogP contribution in [0.2, 0.25) is 0 Å². The average molecular weight is 599 g/mol. The molecule has 228 valence electrons. The molecule has 0 unspecified atom stereocenters. The van der Waals surface area contributed by atoms with Crippen molar-refractivity contribution in [3.63, 3.8) is 0 Å². The molecule has 0 radical (unpaired) electrons. The molecule has 7 nitrogen and oxygen atoms in total. The fraction of sp³-hybridized carbons (Fsp3) is 0.184. The molecule has 5 aromatic rings.